The molecular weight excluding hydrogens is 226 g/mol. The summed E-state index contributed by atoms with van der Waals surface area (Å²) in [5.74, 6) is 0. The van der Waals surface area contributed by atoms with Gasteiger partial charge in [-0.05, 0) is 5.56 Å². The molecule has 0 bridgehead atoms. The lowest BCUT2D eigenvalue weighted by Crippen LogP contribution is -2.33. The van der Waals surface area contributed by atoms with E-state index in [1.54, 1.807) is 0 Å². The van der Waals surface area contributed by atoms with Crippen LogP contribution in [0.5, 0.6) is 0 Å². The lowest BCUT2D eigenvalue weighted by atomic mass is 10.1. The fourth-order valence-electron chi connectivity index (χ4n) is 2.82. The zero-order chi connectivity index (χ0) is 12.3. The van der Waals surface area contributed by atoms with Crippen LogP contribution in [0.3, 0.4) is 0 Å². The first-order chi connectivity index (χ1) is 8.75. The average Bonchev–Trinajstić information content (AvgIpc) is 2.92. The molecule has 0 aliphatic heterocycles. The molecule has 0 atom stereocenters. The first-order valence-corrected chi connectivity index (χ1v) is 5.96. The molecule has 4 nitrogen and oxygen atoms in total. The number of imidazole rings is 1. The summed E-state index contributed by atoms with van der Waals surface area (Å²) in [5.41, 5.74) is 5.17. The van der Waals surface area contributed by atoms with Crippen molar-refractivity contribution in [3.8, 4) is 11.3 Å². The lowest BCUT2D eigenvalue weighted by Gasteiger charge is -1.98. The first-order valence-electron chi connectivity index (χ1n) is 5.96. The Morgan fingerprint density at radius 3 is 3.06 bits per heavy atom. The minimum Gasteiger partial charge on any atom is -0.312 e. The van der Waals surface area contributed by atoms with Crippen LogP contribution in [0.25, 0.3) is 16.9 Å². The Kier molecular flexibility index (Phi) is 1.66. The molecule has 0 spiro atoms. The topological polar surface area (TPSA) is 41.9 Å². The highest BCUT2D eigenvalue weighted by molar-refractivity contribution is 5.71. The predicted molar refractivity (Wildman–Crippen MR) is 67.4 cm³/mol. The molecule has 4 rings (SSSR count). The van der Waals surface area contributed by atoms with Gasteiger partial charge in [0.15, 0.2) is 0 Å². The average molecular weight is 238 g/mol. The van der Waals surface area contributed by atoms with E-state index in [4.69, 9.17) is 0 Å². The number of hydrogen-bond donors (Lipinski definition) is 1. The van der Waals surface area contributed by atoms with Gasteiger partial charge in [0.2, 0.25) is 0 Å². The molecule has 88 valence electrons. The maximum Gasteiger partial charge on any atom is 0.353 e. The van der Waals surface area contributed by atoms with Gasteiger partial charge in [-0.15, -0.1) is 0 Å². The van der Waals surface area contributed by atoms with Crippen LogP contribution in [0, 0.1) is 0 Å². The van der Waals surface area contributed by atoms with E-state index < -0.39 is 0 Å². The van der Waals surface area contributed by atoms with Gasteiger partial charge in [0.05, 0.1) is 12.7 Å². The number of aryl methyl sites for hydroxylation is 1. The number of fused-ring (bicyclic) bond motifs is 5. The second-order valence-corrected chi connectivity index (χ2v) is 4.71. The zero-order valence-electron chi connectivity index (χ0n) is 9.97. The largest absolute Gasteiger partial charge is 0.353 e. The SMILES string of the molecule is Cn1cc[n+]2c3c([nH]c(=O)c12)-c1ccccc1C3. The summed E-state index contributed by atoms with van der Waals surface area (Å²) in [5, 5.41) is 0. The van der Waals surface area contributed by atoms with Crippen LogP contribution >= 0.6 is 0 Å². The van der Waals surface area contributed by atoms with Gasteiger partial charge in [-0.1, -0.05) is 24.3 Å². The Balaban J connectivity index is 2.18. The summed E-state index contributed by atoms with van der Waals surface area (Å²) in [6, 6.07) is 8.22. The quantitative estimate of drug-likeness (QED) is 0.457. The number of nitrogens with one attached hydrogen (secondary N) is 1. The standard InChI is InChI=1S/C14H11N3O/c1-16-6-7-17-11-8-9-4-2-3-5-10(9)12(11)15-13(18)14(16)17/h2-7H,8H2,1H3/p+1. The monoisotopic (exact) mass is 238 g/mol. The fourth-order valence-corrected chi connectivity index (χ4v) is 2.82. The number of benzene rings is 1. The van der Waals surface area contributed by atoms with Crippen LogP contribution in [0.4, 0.5) is 0 Å². The van der Waals surface area contributed by atoms with Crippen molar-refractivity contribution in [1.29, 1.82) is 0 Å². The van der Waals surface area contributed by atoms with Crippen LogP contribution in [0.15, 0.2) is 41.5 Å². The Labute approximate surface area is 103 Å². The molecule has 1 aromatic carbocycles. The molecule has 18 heavy (non-hydrogen) atoms. The highest BCUT2D eigenvalue weighted by Gasteiger charge is 2.27. The number of aromatic amines is 1. The molecule has 0 unspecified atom stereocenters. The zero-order valence-corrected chi connectivity index (χ0v) is 9.97. The summed E-state index contributed by atoms with van der Waals surface area (Å²) in [6.07, 6.45) is 4.73. The van der Waals surface area contributed by atoms with Crippen molar-refractivity contribution in [2.24, 2.45) is 7.05 Å². The molecule has 0 saturated heterocycles. The smallest absolute Gasteiger partial charge is 0.312 e. The third kappa shape index (κ3) is 1.05. The molecule has 4 heteroatoms. The van der Waals surface area contributed by atoms with E-state index in [2.05, 4.69) is 17.1 Å². The number of nitrogens with zero attached hydrogens (tertiary/aromatic N) is 2. The van der Waals surface area contributed by atoms with Gasteiger partial charge in [0.25, 0.3) is 0 Å². The number of rotatable bonds is 0. The second-order valence-electron chi connectivity index (χ2n) is 4.71. The summed E-state index contributed by atoms with van der Waals surface area (Å²) in [6.45, 7) is 0. The van der Waals surface area contributed by atoms with E-state index in [9.17, 15) is 4.79 Å². The molecule has 1 aliphatic rings. The maximum absolute atomic E-state index is 12.1. The Bertz CT molecular complexity index is 842. The van der Waals surface area contributed by atoms with Gasteiger partial charge in [-0.2, -0.15) is 4.40 Å². The van der Waals surface area contributed by atoms with Crippen molar-refractivity contribution in [1.82, 2.24) is 9.55 Å². The number of hydrogen-bond acceptors (Lipinski definition) is 1. The van der Waals surface area contributed by atoms with Crippen molar-refractivity contribution in [3.05, 3.63) is 58.3 Å². The molecule has 1 N–H and O–H groups in total. The van der Waals surface area contributed by atoms with Crippen molar-refractivity contribution in [2.45, 2.75) is 6.42 Å². The van der Waals surface area contributed by atoms with E-state index >= 15 is 0 Å². The highest BCUT2D eigenvalue weighted by atomic mass is 16.1. The van der Waals surface area contributed by atoms with Crippen molar-refractivity contribution in [2.75, 3.05) is 0 Å². The maximum atomic E-state index is 12.1. The molecule has 2 aromatic heterocycles. The van der Waals surface area contributed by atoms with Gasteiger partial charge < -0.3 is 4.98 Å². The van der Waals surface area contributed by atoms with Crippen LogP contribution in [-0.2, 0) is 13.5 Å². The van der Waals surface area contributed by atoms with Crippen LogP contribution < -0.4 is 9.96 Å². The molecule has 0 fully saturated rings. The lowest BCUT2D eigenvalue weighted by molar-refractivity contribution is -0.520. The second kappa shape index (κ2) is 3.10. The summed E-state index contributed by atoms with van der Waals surface area (Å²) < 4.78 is 3.84. The van der Waals surface area contributed by atoms with E-state index in [1.165, 1.54) is 5.56 Å². The minimum atomic E-state index is -0.0436. The van der Waals surface area contributed by atoms with Crippen molar-refractivity contribution < 1.29 is 4.40 Å². The minimum absolute atomic E-state index is 0.0436. The van der Waals surface area contributed by atoms with E-state index in [-0.39, 0.29) is 5.56 Å². The molecule has 0 saturated carbocycles. The van der Waals surface area contributed by atoms with E-state index in [0.717, 1.165) is 23.4 Å². The van der Waals surface area contributed by atoms with Crippen molar-refractivity contribution in [3.63, 3.8) is 0 Å². The summed E-state index contributed by atoms with van der Waals surface area (Å²) >= 11 is 0. The van der Waals surface area contributed by atoms with Gasteiger partial charge >= 0.3 is 11.2 Å². The van der Waals surface area contributed by atoms with Crippen molar-refractivity contribution >= 4 is 5.65 Å². The van der Waals surface area contributed by atoms with Crippen LogP contribution in [0.2, 0.25) is 0 Å². The van der Waals surface area contributed by atoms with E-state index in [1.807, 2.05) is 40.5 Å². The van der Waals surface area contributed by atoms with Gasteiger partial charge in [0, 0.05) is 12.0 Å². The van der Waals surface area contributed by atoms with Crippen LogP contribution in [-0.4, -0.2) is 9.55 Å². The van der Waals surface area contributed by atoms with E-state index in [0.29, 0.717) is 5.65 Å². The first kappa shape index (κ1) is 9.65. The number of aromatic nitrogens is 3. The normalized spacial score (nSPS) is 12.7. The molecule has 0 amide bonds. The molecule has 2 heterocycles. The molecule has 0 radical (unpaired) electrons. The third-order valence-electron chi connectivity index (χ3n) is 3.67. The van der Waals surface area contributed by atoms with Gasteiger partial charge in [0.1, 0.15) is 18.1 Å². The molecule has 1 aliphatic carbocycles. The van der Waals surface area contributed by atoms with Gasteiger partial charge in [-0.3, -0.25) is 4.79 Å². The highest BCUT2D eigenvalue weighted by Crippen LogP contribution is 2.31. The Morgan fingerprint density at radius 1 is 1.33 bits per heavy atom. The molecular formula is C14H12N3O+. The van der Waals surface area contributed by atoms with Gasteiger partial charge in [-0.25, -0.2) is 4.57 Å². The summed E-state index contributed by atoms with van der Waals surface area (Å²) in [7, 11) is 1.89. The summed E-state index contributed by atoms with van der Waals surface area (Å²) in [4.78, 5) is 15.1. The predicted octanol–water partition coefficient (Wildman–Crippen LogP) is 1.02. The third-order valence-corrected chi connectivity index (χ3v) is 3.67. The molecule has 3 aromatic rings. The Hall–Kier alpha value is -2.36. The Morgan fingerprint density at radius 2 is 2.17 bits per heavy atom. The number of H-pyrrole nitrogens is 1. The van der Waals surface area contributed by atoms with Crippen LogP contribution in [0.1, 0.15) is 11.3 Å². The fraction of sp³-hybridized carbons (Fsp3) is 0.143.